The van der Waals surface area contributed by atoms with Crippen molar-refractivity contribution in [2.45, 2.75) is 18.9 Å². The quantitative estimate of drug-likeness (QED) is 0.528. The number of carbonyl (C=O) groups excluding carboxylic acids is 1. The van der Waals surface area contributed by atoms with Crippen LogP contribution in [-0.2, 0) is 17.6 Å². The maximum absolute atomic E-state index is 12.7. The van der Waals surface area contributed by atoms with Crippen LogP contribution < -0.4 is 5.32 Å². The van der Waals surface area contributed by atoms with Crippen LogP contribution in [0.2, 0.25) is 0 Å². The first-order chi connectivity index (χ1) is 13.8. The summed E-state index contributed by atoms with van der Waals surface area (Å²) in [4.78, 5) is 17.4. The van der Waals surface area contributed by atoms with Gasteiger partial charge in [0, 0.05) is 17.5 Å². The highest BCUT2D eigenvalue weighted by atomic mass is 16.1. The highest BCUT2D eigenvalue weighted by Crippen LogP contribution is 2.20. The molecule has 0 unspecified atom stereocenters. The predicted octanol–water partition coefficient (Wildman–Crippen LogP) is 4.88. The molecular weight excluding hydrogens is 344 g/mol. The Morgan fingerprint density at radius 3 is 2.25 bits per heavy atom. The van der Waals surface area contributed by atoms with Crippen LogP contribution in [-0.4, -0.2) is 10.9 Å². The van der Waals surface area contributed by atoms with E-state index in [1.807, 2.05) is 72.8 Å². The van der Waals surface area contributed by atoms with Crippen molar-refractivity contribution in [3.05, 3.63) is 114 Å². The van der Waals surface area contributed by atoms with E-state index in [9.17, 15) is 4.79 Å². The predicted molar refractivity (Wildman–Crippen MR) is 113 cm³/mol. The van der Waals surface area contributed by atoms with Gasteiger partial charge in [0.15, 0.2) is 0 Å². The van der Waals surface area contributed by atoms with E-state index in [1.165, 1.54) is 0 Å². The van der Waals surface area contributed by atoms with E-state index >= 15 is 0 Å². The molecule has 1 aromatic heterocycles. The lowest BCUT2D eigenvalue weighted by Gasteiger charge is -2.19. The summed E-state index contributed by atoms with van der Waals surface area (Å²) in [6, 6.07) is 32.0. The molecule has 1 amide bonds. The largest absolute Gasteiger partial charge is 0.349 e. The zero-order valence-electron chi connectivity index (χ0n) is 15.6. The molecule has 0 radical (unpaired) electrons. The minimum atomic E-state index is -0.119. The maximum atomic E-state index is 12.7. The number of nitrogens with one attached hydrogen (secondary N) is 1. The molecule has 0 saturated carbocycles. The van der Waals surface area contributed by atoms with E-state index in [1.54, 1.807) is 0 Å². The molecule has 1 N–H and O–H groups in total. The fourth-order valence-electron chi connectivity index (χ4n) is 3.40. The number of amides is 1. The van der Waals surface area contributed by atoms with Crippen LogP contribution in [0, 0.1) is 0 Å². The molecule has 0 saturated heterocycles. The molecule has 0 aliphatic rings. The normalized spacial score (nSPS) is 11.9. The van der Waals surface area contributed by atoms with Crippen molar-refractivity contribution in [2.24, 2.45) is 0 Å². The summed E-state index contributed by atoms with van der Waals surface area (Å²) in [5.74, 6) is 0.0147. The molecule has 0 aliphatic heterocycles. The van der Waals surface area contributed by atoms with Crippen molar-refractivity contribution >= 4 is 16.8 Å². The number of benzene rings is 3. The van der Waals surface area contributed by atoms with Crippen molar-refractivity contribution in [3.63, 3.8) is 0 Å². The molecule has 28 heavy (non-hydrogen) atoms. The molecule has 3 nitrogen and oxygen atoms in total. The summed E-state index contributed by atoms with van der Waals surface area (Å²) < 4.78 is 0. The van der Waals surface area contributed by atoms with E-state index in [-0.39, 0.29) is 11.9 Å². The van der Waals surface area contributed by atoms with E-state index in [4.69, 9.17) is 4.98 Å². The number of fused-ring (bicyclic) bond motifs is 1. The van der Waals surface area contributed by atoms with Crippen molar-refractivity contribution in [3.8, 4) is 0 Å². The summed E-state index contributed by atoms with van der Waals surface area (Å²) in [6.07, 6.45) is 1.02. The lowest BCUT2D eigenvalue weighted by atomic mass is 10.0. The van der Waals surface area contributed by atoms with Gasteiger partial charge >= 0.3 is 0 Å². The lowest BCUT2D eigenvalue weighted by Crippen LogP contribution is -2.31. The van der Waals surface area contributed by atoms with Crippen LogP contribution in [0.4, 0.5) is 0 Å². The second kappa shape index (κ2) is 8.49. The highest BCUT2D eigenvalue weighted by Gasteiger charge is 2.16. The number of para-hydroxylation sites is 1. The Labute approximate surface area is 165 Å². The molecule has 138 valence electrons. The Balaban J connectivity index is 1.55. The summed E-state index contributed by atoms with van der Waals surface area (Å²) in [7, 11) is 0. The maximum Gasteiger partial charge on any atom is 0.224 e. The Bertz CT molecular complexity index is 1060. The van der Waals surface area contributed by atoms with Gasteiger partial charge in [0.2, 0.25) is 5.91 Å². The summed E-state index contributed by atoms with van der Waals surface area (Å²) in [5.41, 5.74) is 4.03. The Morgan fingerprint density at radius 1 is 0.786 bits per heavy atom. The zero-order valence-corrected chi connectivity index (χ0v) is 15.6. The Morgan fingerprint density at radius 2 is 1.46 bits per heavy atom. The summed E-state index contributed by atoms with van der Waals surface area (Å²) >= 11 is 0. The monoisotopic (exact) mass is 366 g/mol. The summed E-state index contributed by atoms with van der Waals surface area (Å²) in [6.45, 7) is 0. The zero-order chi connectivity index (χ0) is 19.2. The lowest BCUT2D eigenvalue weighted by molar-refractivity contribution is -0.121. The van der Waals surface area contributed by atoms with Gasteiger partial charge in [-0.1, -0.05) is 84.9 Å². The minimum Gasteiger partial charge on any atom is -0.349 e. The van der Waals surface area contributed by atoms with Gasteiger partial charge in [0.05, 0.1) is 18.0 Å². The van der Waals surface area contributed by atoms with Gasteiger partial charge in [-0.15, -0.1) is 0 Å². The van der Waals surface area contributed by atoms with Crippen molar-refractivity contribution in [1.29, 1.82) is 0 Å². The average molecular weight is 366 g/mol. The first-order valence-electron chi connectivity index (χ1n) is 9.51. The molecule has 3 aromatic carbocycles. The third-order valence-corrected chi connectivity index (χ3v) is 4.81. The number of hydrogen-bond acceptors (Lipinski definition) is 2. The van der Waals surface area contributed by atoms with Gasteiger partial charge in [0.1, 0.15) is 0 Å². The molecule has 1 atom stereocenters. The van der Waals surface area contributed by atoms with Crippen LogP contribution in [0.15, 0.2) is 97.1 Å². The molecule has 0 spiro atoms. The number of rotatable bonds is 6. The van der Waals surface area contributed by atoms with Crippen molar-refractivity contribution < 1.29 is 4.79 Å². The molecule has 0 bridgehead atoms. The van der Waals surface area contributed by atoms with Crippen LogP contribution in [0.5, 0.6) is 0 Å². The Kier molecular flexibility index (Phi) is 5.43. The van der Waals surface area contributed by atoms with Gasteiger partial charge in [-0.25, -0.2) is 0 Å². The van der Waals surface area contributed by atoms with Crippen molar-refractivity contribution in [2.75, 3.05) is 0 Å². The van der Waals surface area contributed by atoms with Crippen LogP contribution in [0.25, 0.3) is 10.9 Å². The van der Waals surface area contributed by atoms with Gasteiger partial charge in [0.25, 0.3) is 0 Å². The molecule has 0 fully saturated rings. The minimum absolute atomic E-state index is 0.0147. The molecule has 3 heteroatoms. The first-order valence-corrected chi connectivity index (χ1v) is 9.51. The van der Waals surface area contributed by atoms with Crippen LogP contribution in [0.3, 0.4) is 0 Å². The molecule has 4 rings (SSSR count). The second-order valence-electron chi connectivity index (χ2n) is 6.89. The number of pyridine rings is 1. The van der Waals surface area contributed by atoms with Gasteiger partial charge in [-0.2, -0.15) is 0 Å². The van der Waals surface area contributed by atoms with E-state index in [0.717, 1.165) is 27.7 Å². The standard InChI is InChI=1S/C25H22N2O/c28-25(17-19-9-3-1-4-10-19)27-24(20-11-5-2-6-12-20)18-22-16-15-21-13-7-8-14-23(21)26-22/h1-16,24H,17-18H2,(H,27,28)/t24-/m1/s1. The SMILES string of the molecule is O=C(Cc1ccccc1)N[C@H](Cc1ccc2ccccc2n1)c1ccccc1. The molecule has 1 heterocycles. The Hall–Kier alpha value is -3.46. The smallest absolute Gasteiger partial charge is 0.224 e. The van der Waals surface area contributed by atoms with Gasteiger partial charge in [-0.3, -0.25) is 9.78 Å². The third kappa shape index (κ3) is 4.44. The van der Waals surface area contributed by atoms with Crippen LogP contribution in [0.1, 0.15) is 22.9 Å². The summed E-state index contributed by atoms with van der Waals surface area (Å²) in [5, 5.41) is 4.32. The van der Waals surface area contributed by atoms with Crippen molar-refractivity contribution in [1.82, 2.24) is 10.3 Å². The number of nitrogens with zero attached hydrogens (tertiary/aromatic N) is 1. The van der Waals surface area contributed by atoms with Gasteiger partial charge < -0.3 is 5.32 Å². The molecule has 0 aliphatic carbocycles. The first kappa shape index (κ1) is 17.9. The molecular formula is C25H22N2O. The van der Waals surface area contributed by atoms with E-state index in [2.05, 4.69) is 29.6 Å². The number of carbonyl (C=O) groups is 1. The fourth-order valence-corrected chi connectivity index (χ4v) is 3.40. The average Bonchev–Trinajstić information content (AvgIpc) is 2.74. The van der Waals surface area contributed by atoms with Crippen LogP contribution >= 0.6 is 0 Å². The topological polar surface area (TPSA) is 42.0 Å². The number of hydrogen-bond donors (Lipinski definition) is 1. The second-order valence-corrected chi connectivity index (χ2v) is 6.89. The fraction of sp³-hybridized carbons (Fsp3) is 0.120. The van der Waals surface area contributed by atoms with E-state index < -0.39 is 0 Å². The highest BCUT2D eigenvalue weighted by molar-refractivity contribution is 5.79. The van der Waals surface area contributed by atoms with E-state index in [0.29, 0.717) is 12.8 Å². The number of aromatic nitrogens is 1. The third-order valence-electron chi connectivity index (χ3n) is 4.81. The molecule has 4 aromatic rings. The van der Waals surface area contributed by atoms with Gasteiger partial charge in [-0.05, 0) is 23.3 Å².